The van der Waals surface area contributed by atoms with Gasteiger partial charge in [0.25, 0.3) is 0 Å². The Morgan fingerprint density at radius 3 is 2.48 bits per heavy atom. The maximum Gasteiger partial charge on any atom is 0.191 e. The smallest absolute Gasteiger partial charge is 0.191 e. The van der Waals surface area contributed by atoms with Crippen molar-refractivity contribution in [2.24, 2.45) is 4.99 Å². The molecule has 1 aliphatic rings. The van der Waals surface area contributed by atoms with Crippen molar-refractivity contribution in [3.63, 3.8) is 0 Å². The fraction of sp³-hybridized carbons (Fsp3) is 0.700. The Bertz CT molecular complexity index is 579. The molecule has 0 spiro atoms. The Kier molecular flexibility index (Phi) is 8.31. The summed E-state index contributed by atoms with van der Waals surface area (Å²) >= 11 is 0. The second kappa shape index (κ2) is 10.5. The number of hydrogen-bond donors (Lipinski definition) is 2. The number of aromatic nitrogens is 1. The Hall–Kier alpha value is -1.86. The minimum absolute atomic E-state index is 0.235. The highest BCUT2D eigenvalue weighted by atomic mass is 16.5. The minimum Gasteiger partial charge on any atom is -0.377 e. The van der Waals surface area contributed by atoms with Crippen molar-refractivity contribution >= 4 is 11.8 Å². The average Bonchev–Trinajstić information content (AvgIpc) is 2.70. The minimum atomic E-state index is -0.235. The van der Waals surface area contributed by atoms with Gasteiger partial charge in [0.2, 0.25) is 0 Å². The molecule has 2 heterocycles. The zero-order valence-electron chi connectivity index (χ0n) is 17.6. The molecule has 0 aromatic carbocycles. The number of nitrogens with one attached hydrogen (secondary N) is 2. The van der Waals surface area contributed by atoms with Crippen LogP contribution in [0.1, 0.15) is 33.3 Å². The predicted octanol–water partition coefficient (Wildman–Crippen LogP) is 1.70. The maximum atomic E-state index is 5.45. The van der Waals surface area contributed by atoms with Gasteiger partial charge in [-0.1, -0.05) is 13.0 Å². The van der Waals surface area contributed by atoms with Crippen molar-refractivity contribution < 1.29 is 4.74 Å². The summed E-state index contributed by atoms with van der Waals surface area (Å²) in [4.78, 5) is 14.1. The van der Waals surface area contributed by atoms with Crippen LogP contribution >= 0.6 is 0 Å². The van der Waals surface area contributed by atoms with Crippen LogP contribution in [0.25, 0.3) is 0 Å². The number of nitrogens with zero attached hydrogens (tertiary/aromatic N) is 4. The molecule has 7 heteroatoms. The molecule has 2 N–H and O–H groups in total. The number of pyridine rings is 1. The second-order valence-corrected chi connectivity index (χ2v) is 7.46. The molecule has 7 nitrogen and oxygen atoms in total. The van der Waals surface area contributed by atoms with Crippen LogP contribution in [-0.2, 0) is 11.3 Å². The standard InChI is InChI=1S/C20H36N6O/c1-6-21-19(24-16-20(3,4)27-5)23-15-17-8-9-18(22-14-17)26-12-10-25(7-2)11-13-26/h8-9,14H,6-7,10-13,15-16H2,1-5H3,(H2,21,23,24). The summed E-state index contributed by atoms with van der Waals surface area (Å²) in [6.07, 6.45) is 1.94. The van der Waals surface area contributed by atoms with Crippen molar-refractivity contribution in [2.45, 2.75) is 39.8 Å². The van der Waals surface area contributed by atoms with E-state index in [1.54, 1.807) is 7.11 Å². The van der Waals surface area contributed by atoms with E-state index in [0.29, 0.717) is 13.1 Å². The summed E-state index contributed by atoms with van der Waals surface area (Å²) in [6, 6.07) is 4.24. The summed E-state index contributed by atoms with van der Waals surface area (Å²) in [5.41, 5.74) is 0.871. The van der Waals surface area contributed by atoms with Gasteiger partial charge in [0.1, 0.15) is 5.82 Å². The van der Waals surface area contributed by atoms with Gasteiger partial charge in [-0.3, -0.25) is 0 Å². The Labute approximate surface area is 164 Å². The third-order valence-electron chi connectivity index (χ3n) is 4.95. The lowest BCUT2D eigenvalue weighted by atomic mass is 10.1. The van der Waals surface area contributed by atoms with Gasteiger partial charge < -0.3 is 25.2 Å². The molecular formula is C20H36N6O. The number of aliphatic imine (C=N–C) groups is 1. The van der Waals surface area contributed by atoms with Gasteiger partial charge in [-0.15, -0.1) is 0 Å². The summed E-state index contributed by atoms with van der Waals surface area (Å²) < 4.78 is 5.45. The number of methoxy groups -OCH3 is 1. The Morgan fingerprint density at radius 2 is 1.93 bits per heavy atom. The number of ether oxygens (including phenoxy) is 1. The molecule has 0 aliphatic carbocycles. The van der Waals surface area contributed by atoms with Crippen LogP contribution in [0.2, 0.25) is 0 Å². The normalized spacial score (nSPS) is 16.5. The van der Waals surface area contributed by atoms with Gasteiger partial charge in [-0.05, 0) is 38.9 Å². The third kappa shape index (κ3) is 6.99. The molecule has 0 atom stereocenters. The zero-order chi connectivity index (χ0) is 19.7. The van der Waals surface area contributed by atoms with Crippen molar-refractivity contribution in [2.75, 3.05) is 57.8 Å². The van der Waals surface area contributed by atoms with Crippen LogP contribution in [-0.4, -0.2) is 74.4 Å². The third-order valence-corrected chi connectivity index (χ3v) is 4.95. The van der Waals surface area contributed by atoms with E-state index >= 15 is 0 Å². The van der Waals surface area contributed by atoms with E-state index in [2.05, 4.69) is 56.4 Å². The molecule has 1 fully saturated rings. The molecule has 1 saturated heterocycles. The number of hydrogen-bond acceptors (Lipinski definition) is 5. The van der Waals surface area contributed by atoms with Crippen molar-refractivity contribution in [1.82, 2.24) is 20.5 Å². The molecule has 0 radical (unpaired) electrons. The predicted molar refractivity (Wildman–Crippen MR) is 112 cm³/mol. The van der Waals surface area contributed by atoms with Gasteiger partial charge in [-0.2, -0.15) is 0 Å². The molecule has 0 unspecified atom stereocenters. The number of guanidine groups is 1. The lowest BCUT2D eigenvalue weighted by molar-refractivity contribution is 0.0268. The summed E-state index contributed by atoms with van der Waals surface area (Å²) in [7, 11) is 1.72. The van der Waals surface area contributed by atoms with E-state index in [9.17, 15) is 0 Å². The fourth-order valence-corrected chi connectivity index (χ4v) is 2.87. The molecule has 0 amide bonds. The van der Waals surface area contributed by atoms with E-state index in [1.165, 1.54) is 0 Å². The molecule has 1 aromatic rings. The van der Waals surface area contributed by atoms with Crippen molar-refractivity contribution in [1.29, 1.82) is 0 Å². The lowest BCUT2D eigenvalue weighted by Gasteiger charge is -2.34. The van der Waals surface area contributed by atoms with Gasteiger partial charge >= 0.3 is 0 Å². The van der Waals surface area contributed by atoms with E-state index in [0.717, 1.165) is 56.6 Å². The molecule has 0 bridgehead atoms. The first-order valence-electron chi connectivity index (χ1n) is 9.97. The first-order chi connectivity index (χ1) is 13.0. The van der Waals surface area contributed by atoms with Gasteiger partial charge in [0, 0.05) is 52.6 Å². The van der Waals surface area contributed by atoms with E-state index in [-0.39, 0.29) is 5.60 Å². The summed E-state index contributed by atoms with van der Waals surface area (Å²) in [5.74, 6) is 1.85. The molecule has 2 rings (SSSR count). The maximum absolute atomic E-state index is 5.45. The van der Waals surface area contributed by atoms with E-state index < -0.39 is 0 Å². The molecule has 152 valence electrons. The second-order valence-electron chi connectivity index (χ2n) is 7.46. The highest BCUT2D eigenvalue weighted by Crippen LogP contribution is 2.14. The van der Waals surface area contributed by atoms with Crippen LogP contribution < -0.4 is 15.5 Å². The van der Waals surface area contributed by atoms with Crippen LogP contribution in [0.4, 0.5) is 5.82 Å². The quantitative estimate of drug-likeness (QED) is 0.532. The lowest BCUT2D eigenvalue weighted by Crippen LogP contribution is -2.46. The van der Waals surface area contributed by atoms with Gasteiger partial charge in [0.15, 0.2) is 5.96 Å². The first kappa shape index (κ1) is 21.4. The van der Waals surface area contributed by atoms with Gasteiger partial charge in [0.05, 0.1) is 12.1 Å². The van der Waals surface area contributed by atoms with Crippen LogP contribution in [0.3, 0.4) is 0 Å². The zero-order valence-corrected chi connectivity index (χ0v) is 17.6. The highest BCUT2D eigenvalue weighted by Gasteiger charge is 2.17. The molecule has 27 heavy (non-hydrogen) atoms. The van der Waals surface area contributed by atoms with Crippen LogP contribution in [0, 0.1) is 0 Å². The largest absolute Gasteiger partial charge is 0.377 e. The first-order valence-corrected chi connectivity index (χ1v) is 9.97. The number of likely N-dealkylation sites (N-methyl/N-ethyl adjacent to an activating group) is 1. The monoisotopic (exact) mass is 376 g/mol. The average molecular weight is 377 g/mol. The number of piperazine rings is 1. The molecule has 0 saturated carbocycles. The van der Waals surface area contributed by atoms with E-state index in [4.69, 9.17) is 4.74 Å². The fourth-order valence-electron chi connectivity index (χ4n) is 2.87. The molecule has 1 aromatic heterocycles. The number of anilines is 1. The topological polar surface area (TPSA) is 65.0 Å². The molecular weight excluding hydrogens is 340 g/mol. The van der Waals surface area contributed by atoms with Crippen LogP contribution in [0.5, 0.6) is 0 Å². The SMILES string of the molecule is CCNC(=NCc1ccc(N2CCN(CC)CC2)nc1)NCC(C)(C)OC. The van der Waals surface area contributed by atoms with E-state index in [1.807, 2.05) is 20.0 Å². The Balaban J connectivity index is 1.90. The Morgan fingerprint density at radius 1 is 1.19 bits per heavy atom. The summed E-state index contributed by atoms with van der Waals surface area (Å²) in [6.45, 7) is 15.9. The van der Waals surface area contributed by atoms with Crippen LogP contribution in [0.15, 0.2) is 23.3 Å². The summed E-state index contributed by atoms with van der Waals surface area (Å²) in [5, 5.41) is 6.61. The van der Waals surface area contributed by atoms with Crippen molar-refractivity contribution in [3.05, 3.63) is 23.9 Å². The van der Waals surface area contributed by atoms with Crippen molar-refractivity contribution in [3.8, 4) is 0 Å². The number of rotatable bonds is 8. The molecule has 1 aliphatic heterocycles. The highest BCUT2D eigenvalue weighted by molar-refractivity contribution is 5.79. The van der Waals surface area contributed by atoms with Gasteiger partial charge in [-0.25, -0.2) is 9.98 Å².